The largest absolute Gasteiger partial charge is 0.496 e. The van der Waals surface area contributed by atoms with Gasteiger partial charge in [-0.2, -0.15) is 0 Å². The van der Waals surface area contributed by atoms with E-state index in [2.05, 4.69) is 21.8 Å². The van der Waals surface area contributed by atoms with Crippen LogP contribution >= 0.6 is 0 Å². The number of aryl methyl sites for hydroxylation is 1. The first-order chi connectivity index (χ1) is 14.2. The van der Waals surface area contributed by atoms with Crippen LogP contribution in [0.15, 0.2) is 42.5 Å². The molecule has 0 aliphatic carbocycles. The number of anilines is 1. The maximum Gasteiger partial charge on any atom is 0.259 e. The highest BCUT2D eigenvalue weighted by molar-refractivity contribution is 6.06. The number of aromatic nitrogens is 2. The molecular weight excluding hydrogens is 364 g/mol. The lowest BCUT2D eigenvalue weighted by Crippen LogP contribution is -2.25. The summed E-state index contributed by atoms with van der Waals surface area (Å²) in [6.07, 6.45) is 5.19. The van der Waals surface area contributed by atoms with E-state index in [4.69, 9.17) is 9.72 Å². The first kappa shape index (κ1) is 19.5. The van der Waals surface area contributed by atoms with Crippen molar-refractivity contribution in [3.8, 4) is 5.75 Å². The number of amides is 1. The topological polar surface area (TPSA) is 59.4 Å². The van der Waals surface area contributed by atoms with E-state index in [1.807, 2.05) is 30.3 Å². The highest BCUT2D eigenvalue weighted by atomic mass is 16.5. The Morgan fingerprint density at radius 1 is 1.10 bits per heavy atom. The van der Waals surface area contributed by atoms with Crippen LogP contribution in [0.1, 0.15) is 41.9 Å². The van der Waals surface area contributed by atoms with Gasteiger partial charge < -0.3 is 14.6 Å². The summed E-state index contributed by atoms with van der Waals surface area (Å²) in [7, 11) is 3.63. The zero-order valence-corrected chi connectivity index (χ0v) is 17.1. The molecule has 1 aromatic heterocycles. The smallest absolute Gasteiger partial charge is 0.259 e. The molecule has 6 nitrogen and oxygen atoms in total. The van der Waals surface area contributed by atoms with E-state index >= 15 is 0 Å². The van der Waals surface area contributed by atoms with Crippen molar-refractivity contribution in [2.45, 2.75) is 32.2 Å². The average Bonchev–Trinajstić information content (AvgIpc) is 2.89. The lowest BCUT2D eigenvalue weighted by Gasteiger charge is -2.19. The Morgan fingerprint density at radius 3 is 2.62 bits per heavy atom. The summed E-state index contributed by atoms with van der Waals surface area (Å²) < 4.78 is 7.45. The summed E-state index contributed by atoms with van der Waals surface area (Å²) in [4.78, 5) is 20.0. The van der Waals surface area contributed by atoms with Crippen molar-refractivity contribution in [2.24, 2.45) is 7.05 Å². The standard InChI is InChI=1S/C23H28N4O2/c1-26-20-12-11-17(24-23(28)18-9-5-6-10-21(18)29-2)15-19(20)25-22(26)16-27-13-7-3-4-8-14-27/h5-6,9-12,15H,3-4,7-8,13-14,16H2,1-2H3,(H,24,28). The zero-order valence-electron chi connectivity index (χ0n) is 17.1. The summed E-state index contributed by atoms with van der Waals surface area (Å²) in [5, 5.41) is 2.96. The van der Waals surface area contributed by atoms with Gasteiger partial charge in [0.25, 0.3) is 5.91 Å². The number of carbonyl (C=O) groups is 1. The minimum Gasteiger partial charge on any atom is -0.496 e. The minimum absolute atomic E-state index is 0.192. The molecule has 0 saturated carbocycles. The van der Waals surface area contributed by atoms with Gasteiger partial charge in [-0.3, -0.25) is 9.69 Å². The van der Waals surface area contributed by atoms with Crippen molar-refractivity contribution >= 4 is 22.6 Å². The number of ether oxygens (including phenoxy) is 1. The molecule has 1 N–H and O–H groups in total. The number of para-hydroxylation sites is 1. The number of rotatable bonds is 5. The molecule has 1 aliphatic rings. The summed E-state index contributed by atoms with van der Waals surface area (Å²) in [6.45, 7) is 3.15. The molecule has 3 aromatic rings. The number of nitrogens with one attached hydrogen (secondary N) is 1. The van der Waals surface area contributed by atoms with Crippen LogP contribution in [0.25, 0.3) is 11.0 Å². The maximum absolute atomic E-state index is 12.7. The number of hydrogen-bond acceptors (Lipinski definition) is 4. The molecule has 0 spiro atoms. The fraction of sp³-hybridized carbons (Fsp3) is 0.391. The lowest BCUT2D eigenvalue weighted by atomic mass is 10.2. The minimum atomic E-state index is -0.192. The molecule has 1 amide bonds. The van der Waals surface area contributed by atoms with Crippen LogP contribution in [-0.2, 0) is 13.6 Å². The highest BCUT2D eigenvalue weighted by Gasteiger charge is 2.16. The zero-order chi connectivity index (χ0) is 20.2. The Balaban J connectivity index is 1.54. The van der Waals surface area contributed by atoms with E-state index in [-0.39, 0.29) is 5.91 Å². The van der Waals surface area contributed by atoms with Gasteiger partial charge in [-0.15, -0.1) is 0 Å². The second-order valence-electron chi connectivity index (χ2n) is 7.64. The molecule has 1 fully saturated rings. The van der Waals surface area contributed by atoms with Gasteiger partial charge in [-0.25, -0.2) is 4.98 Å². The number of likely N-dealkylation sites (tertiary alicyclic amines) is 1. The Bertz CT molecular complexity index is 1000. The van der Waals surface area contributed by atoms with Gasteiger partial charge in [-0.05, 0) is 56.3 Å². The first-order valence-corrected chi connectivity index (χ1v) is 10.3. The van der Waals surface area contributed by atoms with Crippen LogP contribution in [0.4, 0.5) is 5.69 Å². The van der Waals surface area contributed by atoms with E-state index < -0.39 is 0 Å². The quantitative estimate of drug-likeness (QED) is 0.707. The molecular formula is C23H28N4O2. The van der Waals surface area contributed by atoms with E-state index in [0.717, 1.165) is 42.2 Å². The number of benzene rings is 2. The number of nitrogens with zero attached hydrogens (tertiary/aromatic N) is 3. The fourth-order valence-corrected chi connectivity index (χ4v) is 3.99. The first-order valence-electron chi connectivity index (χ1n) is 10.3. The molecule has 0 radical (unpaired) electrons. The molecule has 0 unspecified atom stereocenters. The molecule has 0 bridgehead atoms. The van der Waals surface area contributed by atoms with Gasteiger partial charge >= 0.3 is 0 Å². The van der Waals surface area contributed by atoms with Gasteiger partial charge in [0, 0.05) is 12.7 Å². The molecule has 29 heavy (non-hydrogen) atoms. The van der Waals surface area contributed by atoms with Crippen molar-refractivity contribution < 1.29 is 9.53 Å². The molecule has 2 heterocycles. The Hall–Kier alpha value is -2.86. The predicted molar refractivity (Wildman–Crippen MR) is 115 cm³/mol. The second-order valence-corrected chi connectivity index (χ2v) is 7.64. The monoisotopic (exact) mass is 392 g/mol. The number of imidazole rings is 1. The average molecular weight is 393 g/mol. The Morgan fingerprint density at radius 2 is 1.86 bits per heavy atom. The maximum atomic E-state index is 12.7. The number of methoxy groups -OCH3 is 1. The third-order valence-corrected chi connectivity index (χ3v) is 5.65. The molecule has 1 aliphatic heterocycles. The van der Waals surface area contributed by atoms with Crippen LogP contribution in [0, 0.1) is 0 Å². The summed E-state index contributed by atoms with van der Waals surface area (Å²) in [6, 6.07) is 13.1. The molecule has 2 aromatic carbocycles. The molecule has 1 saturated heterocycles. The van der Waals surface area contributed by atoms with Crippen LogP contribution < -0.4 is 10.1 Å². The number of carbonyl (C=O) groups excluding carboxylic acids is 1. The summed E-state index contributed by atoms with van der Waals surface area (Å²) >= 11 is 0. The van der Waals surface area contributed by atoms with E-state index in [1.54, 1.807) is 19.2 Å². The van der Waals surface area contributed by atoms with Crippen molar-refractivity contribution in [1.29, 1.82) is 0 Å². The van der Waals surface area contributed by atoms with Crippen LogP contribution in [-0.4, -0.2) is 40.6 Å². The van der Waals surface area contributed by atoms with Crippen molar-refractivity contribution in [3.63, 3.8) is 0 Å². The lowest BCUT2D eigenvalue weighted by molar-refractivity contribution is 0.102. The van der Waals surface area contributed by atoms with Crippen molar-refractivity contribution in [3.05, 3.63) is 53.9 Å². The van der Waals surface area contributed by atoms with Crippen LogP contribution in [0.5, 0.6) is 5.75 Å². The number of hydrogen-bond donors (Lipinski definition) is 1. The van der Waals surface area contributed by atoms with E-state index in [0.29, 0.717) is 11.3 Å². The second kappa shape index (κ2) is 8.66. The van der Waals surface area contributed by atoms with Gasteiger partial charge in [-0.1, -0.05) is 25.0 Å². The Labute approximate surface area is 171 Å². The molecule has 4 rings (SSSR count). The Kier molecular flexibility index (Phi) is 5.81. The molecule has 152 valence electrons. The predicted octanol–water partition coefficient (Wildman–Crippen LogP) is 4.21. The normalized spacial score (nSPS) is 15.2. The van der Waals surface area contributed by atoms with Crippen LogP contribution in [0.2, 0.25) is 0 Å². The van der Waals surface area contributed by atoms with Gasteiger partial charge in [0.05, 0.1) is 30.3 Å². The van der Waals surface area contributed by atoms with Crippen molar-refractivity contribution in [1.82, 2.24) is 14.5 Å². The molecule has 0 atom stereocenters. The van der Waals surface area contributed by atoms with Gasteiger partial charge in [0.15, 0.2) is 0 Å². The highest BCUT2D eigenvalue weighted by Crippen LogP contribution is 2.23. The fourth-order valence-electron chi connectivity index (χ4n) is 3.99. The van der Waals surface area contributed by atoms with E-state index in [1.165, 1.54) is 25.7 Å². The van der Waals surface area contributed by atoms with E-state index in [9.17, 15) is 4.79 Å². The van der Waals surface area contributed by atoms with Gasteiger partial charge in [0.1, 0.15) is 11.6 Å². The molecule has 6 heteroatoms. The number of fused-ring (bicyclic) bond motifs is 1. The third kappa shape index (κ3) is 4.27. The van der Waals surface area contributed by atoms with Crippen molar-refractivity contribution in [2.75, 3.05) is 25.5 Å². The SMILES string of the molecule is COc1ccccc1C(=O)Nc1ccc2c(c1)nc(CN1CCCCCC1)n2C. The van der Waals surface area contributed by atoms with Crippen LogP contribution in [0.3, 0.4) is 0 Å². The summed E-state index contributed by atoms with van der Waals surface area (Å²) in [5.74, 6) is 1.43. The third-order valence-electron chi connectivity index (χ3n) is 5.65. The van der Waals surface area contributed by atoms with Gasteiger partial charge in [0.2, 0.25) is 0 Å². The summed E-state index contributed by atoms with van der Waals surface area (Å²) in [5.41, 5.74) is 3.21.